The van der Waals surface area contributed by atoms with Crippen LogP contribution in [0.25, 0.3) is 0 Å². The highest BCUT2D eigenvalue weighted by atomic mass is 16.2. The van der Waals surface area contributed by atoms with Gasteiger partial charge in [-0.25, -0.2) is 4.98 Å². The molecule has 26 heavy (non-hydrogen) atoms. The lowest BCUT2D eigenvalue weighted by atomic mass is 9.95. The van der Waals surface area contributed by atoms with Crippen LogP contribution < -0.4 is 0 Å². The molecule has 7 nitrogen and oxygen atoms in total. The van der Waals surface area contributed by atoms with E-state index in [4.69, 9.17) is 0 Å². The van der Waals surface area contributed by atoms with Crippen LogP contribution in [0, 0.1) is 0 Å². The minimum atomic E-state index is 0.146. The first-order valence-corrected chi connectivity index (χ1v) is 8.95. The Bertz CT molecular complexity index is 834. The van der Waals surface area contributed by atoms with E-state index in [-0.39, 0.29) is 5.91 Å². The topological polar surface area (TPSA) is 68.8 Å². The van der Waals surface area contributed by atoms with Gasteiger partial charge in [-0.1, -0.05) is 30.3 Å². The normalized spacial score (nSPS) is 15.3. The summed E-state index contributed by atoms with van der Waals surface area (Å²) < 4.78 is 3.94. The van der Waals surface area contributed by atoms with E-state index < -0.39 is 0 Å². The largest absolute Gasteiger partial charge is 0.341 e. The standard InChI is InChI=1S/C19H22N6O/c26-18(13-23-11-8-20-14-23)24-9-6-17(7-10-24)19-22-21-15-25(19)12-16-4-2-1-3-5-16/h1-5,8,11,14-15,17H,6-7,9-10,12-13H2. The molecular formula is C19H22N6O. The highest BCUT2D eigenvalue weighted by Gasteiger charge is 2.26. The Balaban J connectivity index is 1.36. The van der Waals surface area contributed by atoms with Gasteiger partial charge >= 0.3 is 0 Å². The van der Waals surface area contributed by atoms with Gasteiger partial charge in [0.1, 0.15) is 18.7 Å². The van der Waals surface area contributed by atoms with E-state index in [0.29, 0.717) is 12.5 Å². The number of imidazole rings is 1. The average Bonchev–Trinajstić information content (AvgIpc) is 3.35. The van der Waals surface area contributed by atoms with Gasteiger partial charge < -0.3 is 14.0 Å². The monoisotopic (exact) mass is 350 g/mol. The molecule has 1 aromatic carbocycles. The van der Waals surface area contributed by atoms with Crippen molar-refractivity contribution in [2.24, 2.45) is 0 Å². The fraction of sp³-hybridized carbons (Fsp3) is 0.368. The Kier molecular flexibility index (Phi) is 4.77. The van der Waals surface area contributed by atoms with Crippen molar-refractivity contribution in [1.82, 2.24) is 29.2 Å². The van der Waals surface area contributed by atoms with Gasteiger partial charge in [0, 0.05) is 31.4 Å². The number of benzene rings is 1. The molecule has 0 bridgehead atoms. The highest BCUT2D eigenvalue weighted by molar-refractivity contribution is 5.76. The van der Waals surface area contributed by atoms with Crippen LogP contribution in [0.2, 0.25) is 0 Å². The molecule has 0 N–H and O–H groups in total. The molecule has 0 saturated carbocycles. The third-order valence-corrected chi connectivity index (χ3v) is 4.93. The smallest absolute Gasteiger partial charge is 0.242 e. The van der Waals surface area contributed by atoms with E-state index in [1.807, 2.05) is 33.9 Å². The van der Waals surface area contributed by atoms with E-state index in [2.05, 4.69) is 31.9 Å². The molecule has 3 aromatic rings. The summed E-state index contributed by atoms with van der Waals surface area (Å²) in [6.45, 7) is 2.66. The van der Waals surface area contributed by atoms with E-state index in [9.17, 15) is 4.79 Å². The van der Waals surface area contributed by atoms with Gasteiger partial charge in [0.15, 0.2) is 0 Å². The summed E-state index contributed by atoms with van der Waals surface area (Å²) >= 11 is 0. The molecule has 7 heteroatoms. The summed E-state index contributed by atoms with van der Waals surface area (Å²) in [4.78, 5) is 18.3. The number of hydrogen-bond acceptors (Lipinski definition) is 4. The molecule has 134 valence electrons. The number of carbonyl (C=O) groups excluding carboxylic acids is 1. The van der Waals surface area contributed by atoms with Crippen LogP contribution in [0.4, 0.5) is 0 Å². The molecule has 1 aliphatic heterocycles. The molecule has 2 aromatic heterocycles. The quantitative estimate of drug-likeness (QED) is 0.705. The summed E-state index contributed by atoms with van der Waals surface area (Å²) in [7, 11) is 0. The van der Waals surface area contributed by atoms with Crippen LogP contribution in [0.15, 0.2) is 55.4 Å². The van der Waals surface area contributed by atoms with Gasteiger partial charge in [0.25, 0.3) is 0 Å². The predicted octanol–water partition coefficient (Wildman–Crippen LogP) is 1.93. The van der Waals surface area contributed by atoms with E-state index >= 15 is 0 Å². The van der Waals surface area contributed by atoms with Crippen molar-refractivity contribution in [3.05, 3.63) is 66.8 Å². The summed E-state index contributed by atoms with van der Waals surface area (Å²) in [5.41, 5.74) is 1.24. The van der Waals surface area contributed by atoms with Crippen LogP contribution in [-0.4, -0.2) is 48.2 Å². The molecular weight excluding hydrogens is 328 g/mol. The lowest BCUT2D eigenvalue weighted by molar-refractivity contribution is -0.132. The van der Waals surface area contributed by atoms with Crippen LogP contribution in [-0.2, 0) is 17.9 Å². The fourth-order valence-corrected chi connectivity index (χ4v) is 3.51. The summed E-state index contributed by atoms with van der Waals surface area (Å²) in [5, 5.41) is 8.48. The van der Waals surface area contributed by atoms with Crippen molar-refractivity contribution in [3.63, 3.8) is 0 Å². The minimum absolute atomic E-state index is 0.146. The van der Waals surface area contributed by atoms with E-state index in [1.54, 1.807) is 18.9 Å². The van der Waals surface area contributed by atoms with Crippen molar-refractivity contribution < 1.29 is 4.79 Å². The van der Waals surface area contributed by atoms with Gasteiger partial charge in [-0.05, 0) is 18.4 Å². The maximum absolute atomic E-state index is 12.4. The van der Waals surface area contributed by atoms with Crippen molar-refractivity contribution in [2.45, 2.75) is 31.8 Å². The Labute approximate surface area is 152 Å². The number of piperidine rings is 1. The molecule has 1 amide bonds. The fourth-order valence-electron chi connectivity index (χ4n) is 3.51. The van der Waals surface area contributed by atoms with E-state index in [1.165, 1.54) is 5.56 Å². The van der Waals surface area contributed by atoms with Crippen LogP contribution in [0.5, 0.6) is 0 Å². The summed E-state index contributed by atoms with van der Waals surface area (Å²) in [5.74, 6) is 1.52. The lowest BCUT2D eigenvalue weighted by Crippen LogP contribution is -2.40. The zero-order chi connectivity index (χ0) is 17.8. The Morgan fingerprint density at radius 1 is 1.12 bits per heavy atom. The first-order valence-electron chi connectivity index (χ1n) is 8.95. The van der Waals surface area contributed by atoms with Crippen molar-refractivity contribution in [3.8, 4) is 0 Å². The molecule has 3 heterocycles. The van der Waals surface area contributed by atoms with Gasteiger partial charge in [-0.15, -0.1) is 10.2 Å². The van der Waals surface area contributed by atoms with Crippen LogP contribution in [0.3, 0.4) is 0 Å². The zero-order valence-electron chi connectivity index (χ0n) is 14.6. The second kappa shape index (κ2) is 7.51. The van der Waals surface area contributed by atoms with Gasteiger partial charge in [-0.3, -0.25) is 4.79 Å². The Hall–Kier alpha value is -2.96. The third-order valence-electron chi connectivity index (χ3n) is 4.93. The number of hydrogen-bond donors (Lipinski definition) is 0. The third kappa shape index (κ3) is 3.66. The maximum atomic E-state index is 12.4. The predicted molar refractivity (Wildman–Crippen MR) is 96.3 cm³/mol. The number of rotatable bonds is 5. The number of carbonyl (C=O) groups is 1. The van der Waals surface area contributed by atoms with Gasteiger partial charge in [-0.2, -0.15) is 0 Å². The zero-order valence-corrected chi connectivity index (χ0v) is 14.6. The molecule has 0 aliphatic carbocycles. The molecule has 1 fully saturated rings. The number of nitrogens with zero attached hydrogens (tertiary/aromatic N) is 6. The van der Waals surface area contributed by atoms with Crippen LogP contribution >= 0.6 is 0 Å². The SMILES string of the molecule is O=C(Cn1ccnc1)N1CCC(c2nncn2Cc2ccccc2)CC1. The first-order chi connectivity index (χ1) is 12.8. The van der Waals surface area contributed by atoms with Crippen molar-refractivity contribution >= 4 is 5.91 Å². The molecule has 1 aliphatic rings. The van der Waals surface area contributed by atoms with Crippen LogP contribution in [0.1, 0.15) is 30.1 Å². The minimum Gasteiger partial charge on any atom is -0.341 e. The summed E-state index contributed by atoms with van der Waals surface area (Å²) in [6.07, 6.45) is 8.83. The second-order valence-corrected chi connectivity index (χ2v) is 6.69. The number of aromatic nitrogens is 5. The second-order valence-electron chi connectivity index (χ2n) is 6.69. The van der Waals surface area contributed by atoms with Crippen molar-refractivity contribution in [1.29, 1.82) is 0 Å². The Morgan fingerprint density at radius 3 is 2.65 bits per heavy atom. The summed E-state index contributed by atoms with van der Waals surface area (Å²) in [6, 6.07) is 10.3. The molecule has 1 saturated heterocycles. The number of likely N-dealkylation sites (tertiary alicyclic amines) is 1. The highest BCUT2D eigenvalue weighted by Crippen LogP contribution is 2.27. The molecule has 0 unspecified atom stereocenters. The van der Waals surface area contributed by atoms with E-state index in [0.717, 1.165) is 38.3 Å². The van der Waals surface area contributed by atoms with Crippen molar-refractivity contribution in [2.75, 3.05) is 13.1 Å². The molecule has 4 rings (SSSR count). The van der Waals surface area contributed by atoms with Gasteiger partial charge in [0.05, 0.1) is 12.9 Å². The lowest BCUT2D eigenvalue weighted by Gasteiger charge is -2.31. The number of amides is 1. The molecule has 0 atom stereocenters. The maximum Gasteiger partial charge on any atom is 0.242 e. The Morgan fingerprint density at radius 2 is 1.92 bits per heavy atom. The average molecular weight is 350 g/mol. The van der Waals surface area contributed by atoms with Gasteiger partial charge in [0.2, 0.25) is 5.91 Å². The molecule has 0 spiro atoms. The molecule has 0 radical (unpaired) electrons. The first kappa shape index (κ1) is 16.5.